The summed E-state index contributed by atoms with van der Waals surface area (Å²) in [7, 11) is -3.80. The number of hydrogen-bond donors (Lipinski definition) is 2. The molecule has 1 heterocycles. The zero-order valence-electron chi connectivity index (χ0n) is 21.3. The highest BCUT2D eigenvalue weighted by atomic mass is 32.2. The summed E-state index contributed by atoms with van der Waals surface area (Å²) in [6.45, 7) is 11.6. The summed E-state index contributed by atoms with van der Waals surface area (Å²) in [4.78, 5) is 16.5. The van der Waals surface area contributed by atoms with Gasteiger partial charge in [0.05, 0.1) is 16.2 Å². The minimum atomic E-state index is -3.80. The molecule has 6 nitrogen and oxygen atoms in total. The Balaban J connectivity index is 2.25. The maximum Gasteiger partial charge on any atom is 0.335 e. The smallest absolute Gasteiger partial charge is 0.335 e. The van der Waals surface area contributed by atoms with Crippen LogP contribution in [0.25, 0.3) is 11.1 Å². The molecule has 0 aliphatic carbocycles. The van der Waals surface area contributed by atoms with Crippen molar-refractivity contribution in [3.63, 3.8) is 0 Å². The molecule has 2 aromatic carbocycles. The van der Waals surface area contributed by atoms with E-state index in [-0.39, 0.29) is 22.8 Å². The van der Waals surface area contributed by atoms with Crippen LogP contribution < -0.4 is 5.73 Å². The second kappa shape index (κ2) is 10.3. The molecule has 1 aromatic heterocycles. The first-order chi connectivity index (χ1) is 16.4. The summed E-state index contributed by atoms with van der Waals surface area (Å²) in [6, 6.07) is 10.8. The molecular formula is C28H34N2O4S. The Bertz CT molecular complexity index is 1380. The van der Waals surface area contributed by atoms with Gasteiger partial charge in [0, 0.05) is 17.9 Å². The highest BCUT2D eigenvalue weighted by Gasteiger charge is 2.26. The van der Waals surface area contributed by atoms with E-state index in [1.165, 1.54) is 12.1 Å². The van der Waals surface area contributed by atoms with Crippen molar-refractivity contribution in [1.82, 2.24) is 4.98 Å². The molecule has 35 heavy (non-hydrogen) atoms. The second-order valence-corrected chi connectivity index (χ2v) is 11.5. The fourth-order valence-electron chi connectivity index (χ4n) is 4.50. The van der Waals surface area contributed by atoms with Crippen molar-refractivity contribution in [2.45, 2.75) is 65.2 Å². The van der Waals surface area contributed by atoms with Gasteiger partial charge in [0.25, 0.3) is 0 Å². The summed E-state index contributed by atoms with van der Waals surface area (Å²) in [5, 5.41) is 9.41. The quantitative estimate of drug-likeness (QED) is 0.439. The van der Waals surface area contributed by atoms with Gasteiger partial charge in [-0.15, -0.1) is 0 Å². The standard InChI is InChI=1S/C28H34N2O4S/c1-16(2)13-25-23(14-29)27(21-9-7-17(3)8-10-21)24(20(6)30-25)15-35(33,34)26-12-11-22(28(31)32)18(4)19(26)5/h7-12,16H,13-15,29H2,1-6H3,(H,31,32). The minimum absolute atomic E-state index is 0.100. The number of carboxylic acid groups (broad SMARTS) is 1. The van der Waals surface area contributed by atoms with Gasteiger partial charge < -0.3 is 10.8 Å². The minimum Gasteiger partial charge on any atom is -0.478 e. The van der Waals surface area contributed by atoms with E-state index >= 15 is 0 Å². The van der Waals surface area contributed by atoms with Crippen LogP contribution in [0.5, 0.6) is 0 Å². The fraction of sp³-hybridized carbons (Fsp3) is 0.357. The summed E-state index contributed by atoms with van der Waals surface area (Å²) in [5.41, 5.74) is 13.1. The molecule has 3 aromatic rings. The Labute approximate surface area is 208 Å². The number of sulfone groups is 1. The third kappa shape index (κ3) is 5.46. The topological polar surface area (TPSA) is 110 Å². The van der Waals surface area contributed by atoms with E-state index in [1.807, 2.05) is 38.1 Å². The van der Waals surface area contributed by atoms with Crippen LogP contribution in [0.2, 0.25) is 0 Å². The molecule has 0 aliphatic heterocycles. The van der Waals surface area contributed by atoms with E-state index in [0.29, 0.717) is 28.3 Å². The molecule has 0 radical (unpaired) electrons. The molecule has 0 unspecified atom stereocenters. The van der Waals surface area contributed by atoms with Crippen LogP contribution in [0.15, 0.2) is 41.3 Å². The first-order valence-corrected chi connectivity index (χ1v) is 13.4. The molecule has 0 saturated carbocycles. The molecule has 7 heteroatoms. The molecule has 0 atom stereocenters. The van der Waals surface area contributed by atoms with Gasteiger partial charge in [-0.05, 0) is 85.5 Å². The second-order valence-electron chi connectivity index (χ2n) is 9.57. The zero-order chi connectivity index (χ0) is 26.1. The van der Waals surface area contributed by atoms with E-state index in [0.717, 1.165) is 34.4 Å². The molecule has 0 spiro atoms. The Morgan fingerprint density at radius 3 is 2.14 bits per heavy atom. The van der Waals surface area contributed by atoms with Crippen LogP contribution in [0.4, 0.5) is 0 Å². The number of nitrogens with zero attached hydrogens (tertiary/aromatic N) is 1. The van der Waals surface area contributed by atoms with Crippen molar-refractivity contribution < 1.29 is 18.3 Å². The number of nitrogens with two attached hydrogens (primary N) is 1. The third-order valence-corrected chi connectivity index (χ3v) is 8.26. The molecule has 0 amide bonds. The lowest BCUT2D eigenvalue weighted by atomic mass is 9.90. The molecule has 0 aliphatic rings. The lowest BCUT2D eigenvalue weighted by Gasteiger charge is -2.22. The average Bonchev–Trinajstić information content (AvgIpc) is 2.77. The van der Waals surface area contributed by atoms with Gasteiger partial charge in [-0.1, -0.05) is 43.7 Å². The van der Waals surface area contributed by atoms with Crippen molar-refractivity contribution in [3.05, 3.63) is 81.2 Å². The summed E-state index contributed by atoms with van der Waals surface area (Å²) >= 11 is 0. The SMILES string of the molecule is Cc1ccc(-c2c(CS(=O)(=O)c3ccc(C(=O)O)c(C)c3C)c(C)nc(CC(C)C)c2CN)cc1. The average molecular weight is 495 g/mol. The third-order valence-electron chi connectivity index (χ3n) is 6.47. The molecule has 0 fully saturated rings. The number of carbonyl (C=O) groups is 1. The Kier molecular flexibility index (Phi) is 7.82. The van der Waals surface area contributed by atoms with Gasteiger partial charge in [0.15, 0.2) is 9.84 Å². The first kappa shape index (κ1) is 26.6. The van der Waals surface area contributed by atoms with Gasteiger partial charge in [-0.2, -0.15) is 0 Å². The van der Waals surface area contributed by atoms with Crippen LogP contribution in [0.1, 0.15) is 63.4 Å². The van der Waals surface area contributed by atoms with E-state index in [4.69, 9.17) is 10.7 Å². The molecule has 0 bridgehead atoms. The first-order valence-electron chi connectivity index (χ1n) is 11.7. The van der Waals surface area contributed by atoms with Gasteiger partial charge >= 0.3 is 5.97 Å². The lowest BCUT2D eigenvalue weighted by Crippen LogP contribution is -2.16. The highest BCUT2D eigenvalue weighted by molar-refractivity contribution is 7.90. The number of aromatic carboxylic acids is 1. The fourth-order valence-corrected chi connectivity index (χ4v) is 6.28. The number of hydrogen-bond acceptors (Lipinski definition) is 5. The largest absolute Gasteiger partial charge is 0.478 e. The van der Waals surface area contributed by atoms with Crippen molar-refractivity contribution >= 4 is 15.8 Å². The normalized spacial score (nSPS) is 11.8. The number of rotatable bonds is 8. The van der Waals surface area contributed by atoms with Crippen molar-refractivity contribution in [1.29, 1.82) is 0 Å². The maximum atomic E-state index is 13.7. The van der Waals surface area contributed by atoms with Crippen LogP contribution in [-0.4, -0.2) is 24.5 Å². The molecule has 3 rings (SSSR count). The summed E-state index contributed by atoms with van der Waals surface area (Å²) in [5.74, 6) is -0.966. The Morgan fingerprint density at radius 1 is 0.971 bits per heavy atom. The van der Waals surface area contributed by atoms with Gasteiger partial charge in [0.1, 0.15) is 0 Å². The number of pyridine rings is 1. The Morgan fingerprint density at radius 2 is 1.60 bits per heavy atom. The molecule has 186 valence electrons. The monoisotopic (exact) mass is 494 g/mol. The summed E-state index contributed by atoms with van der Waals surface area (Å²) in [6.07, 6.45) is 0.744. The maximum absolute atomic E-state index is 13.7. The predicted molar refractivity (Wildman–Crippen MR) is 139 cm³/mol. The van der Waals surface area contributed by atoms with Gasteiger partial charge in [0.2, 0.25) is 0 Å². The lowest BCUT2D eigenvalue weighted by molar-refractivity contribution is 0.0696. The van der Waals surface area contributed by atoms with Crippen molar-refractivity contribution in [2.75, 3.05) is 0 Å². The number of aryl methyl sites for hydroxylation is 2. The van der Waals surface area contributed by atoms with Crippen LogP contribution in [-0.2, 0) is 28.6 Å². The molecule has 0 saturated heterocycles. The predicted octanol–water partition coefficient (Wildman–Crippen LogP) is 5.31. The zero-order valence-corrected chi connectivity index (χ0v) is 22.1. The highest BCUT2D eigenvalue weighted by Crippen LogP contribution is 2.35. The van der Waals surface area contributed by atoms with E-state index in [1.54, 1.807) is 13.8 Å². The van der Waals surface area contributed by atoms with E-state index < -0.39 is 15.8 Å². The van der Waals surface area contributed by atoms with Crippen LogP contribution in [0.3, 0.4) is 0 Å². The van der Waals surface area contributed by atoms with E-state index in [2.05, 4.69) is 13.8 Å². The number of aromatic nitrogens is 1. The summed E-state index contributed by atoms with van der Waals surface area (Å²) < 4.78 is 27.4. The van der Waals surface area contributed by atoms with Gasteiger partial charge in [-0.3, -0.25) is 4.98 Å². The molecule has 3 N–H and O–H groups in total. The number of benzene rings is 2. The van der Waals surface area contributed by atoms with Crippen molar-refractivity contribution in [2.24, 2.45) is 11.7 Å². The van der Waals surface area contributed by atoms with Gasteiger partial charge in [-0.25, -0.2) is 13.2 Å². The number of carboxylic acids is 1. The molecular weight excluding hydrogens is 460 g/mol. The van der Waals surface area contributed by atoms with Crippen LogP contribution >= 0.6 is 0 Å². The van der Waals surface area contributed by atoms with E-state index in [9.17, 15) is 18.3 Å². The van der Waals surface area contributed by atoms with Crippen LogP contribution in [0, 0.1) is 33.6 Å². The van der Waals surface area contributed by atoms with Crippen molar-refractivity contribution in [3.8, 4) is 11.1 Å². The Hall–Kier alpha value is -3.03.